The maximum atomic E-state index is 12.2. The lowest BCUT2D eigenvalue weighted by Crippen LogP contribution is -2.43. The Morgan fingerprint density at radius 2 is 2.40 bits per heavy atom. The van der Waals surface area contributed by atoms with Crippen LogP contribution < -0.4 is 10.6 Å². The summed E-state index contributed by atoms with van der Waals surface area (Å²) in [6.07, 6.45) is 5.23. The zero-order valence-corrected chi connectivity index (χ0v) is 12.5. The number of nitrogens with one attached hydrogen (secondary N) is 2. The lowest BCUT2D eigenvalue weighted by Gasteiger charge is -2.26. The molecule has 110 valence electrons. The van der Waals surface area contributed by atoms with Crippen molar-refractivity contribution < 1.29 is 4.79 Å². The normalized spacial score (nSPS) is 26.4. The zero-order chi connectivity index (χ0) is 13.9. The van der Waals surface area contributed by atoms with Crippen molar-refractivity contribution in [3.8, 4) is 0 Å². The second kappa shape index (κ2) is 6.13. The Morgan fingerprint density at radius 3 is 3.10 bits per heavy atom. The predicted molar refractivity (Wildman–Crippen MR) is 79.0 cm³/mol. The molecule has 2 heterocycles. The average molecular weight is 295 g/mol. The predicted octanol–water partition coefficient (Wildman–Crippen LogP) is 0.826. The first kappa shape index (κ1) is 13.9. The lowest BCUT2D eigenvalue weighted by molar-refractivity contribution is 0.0933. The van der Waals surface area contributed by atoms with Gasteiger partial charge in [-0.3, -0.25) is 4.79 Å². The van der Waals surface area contributed by atoms with E-state index in [9.17, 15) is 4.79 Å². The summed E-state index contributed by atoms with van der Waals surface area (Å²) >= 11 is 1.94. The summed E-state index contributed by atoms with van der Waals surface area (Å²) in [5.41, 5.74) is 0.434. The van der Waals surface area contributed by atoms with Crippen LogP contribution >= 0.6 is 11.8 Å². The van der Waals surface area contributed by atoms with Crippen LogP contribution in [0.15, 0.2) is 6.20 Å². The highest BCUT2D eigenvalue weighted by Gasteiger charge is 2.29. The summed E-state index contributed by atoms with van der Waals surface area (Å²) < 4.78 is 1.79. The van der Waals surface area contributed by atoms with Crippen molar-refractivity contribution in [3.05, 3.63) is 11.9 Å². The third-order valence-corrected chi connectivity index (χ3v) is 5.35. The first-order chi connectivity index (χ1) is 9.78. The Hall–Kier alpha value is -1.08. The van der Waals surface area contributed by atoms with Crippen molar-refractivity contribution >= 4 is 17.7 Å². The average Bonchev–Trinajstić information content (AvgIpc) is 2.98. The van der Waals surface area contributed by atoms with E-state index in [2.05, 4.69) is 27.9 Å². The molecule has 1 aliphatic carbocycles. The van der Waals surface area contributed by atoms with E-state index in [4.69, 9.17) is 0 Å². The van der Waals surface area contributed by atoms with Gasteiger partial charge in [0, 0.05) is 24.4 Å². The Kier molecular flexibility index (Phi) is 4.26. The van der Waals surface area contributed by atoms with Crippen LogP contribution in [0.3, 0.4) is 0 Å². The summed E-state index contributed by atoms with van der Waals surface area (Å²) in [5.74, 6) is 1.01. The van der Waals surface area contributed by atoms with Gasteiger partial charge in [-0.25, -0.2) is 4.68 Å². The number of carbonyl (C=O) groups excluding carboxylic acids is 1. The maximum absolute atomic E-state index is 12.2. The minimum absolute atomic E-state index is 0.0860. The molecule has 2 unspecified atom stereocenters. The molecule has 1 amide bonds. The number of hydrogen-bond donors (Lipinski definition) is 2. The van der Waals surface area contributed by atoms with Gasteiger partial charge in [0.15, 0.2) is 5.69 Å². The highest BCUT2D eigenvalue weighted by molar-refractivity contribution is 7.99. The maximum Gasteiger partial charge on any atom is 0.273 e. The van der Waals surface area contributed by atoms with E-state index in [0.29, 0.717) is 17.0 Å². The third-order valence-electron chi connectivity index (χ3n) is 4.03. The monoisotopic (exact) mass is 295 g/mol. The molecular formula is C13H21N5OS. The van der Waals surface area contributed by atoms with Gasteiger partial charge in [0.2, 0.25) is 0 Å². The second-order valence-corrected chi connectivity index (χ2v) is 6.92. The Balaban J connectivity index is 1.59. The van der Waals surface area contributed by atoms with Crippen LogP contribution in [0.25, 0.3) is 0 Å². The molecule has 0 aromatic carbocycles. The molecule has 7 heteroatoms. The van der Waals surface area contributed by atoms with Crippen molar-refractivity contribution in [2.45, 2.75) is 43.5 Å². The van der Waals surface area contributed by atoms with E-state index >= 15 is 0 Å². The molecule has 6 nitrogen and oxygen atoms in total. The van der Waals surface area contributed by atoms with Crippen LogP contribution in [-0.2, 0) is 0 Å². The fourth-order valence-corrected chi connectivity index (χ4v) is 3.96. The van der Waals surface area contributed by atoms with Crippen molar-refractivity contribution in [2.24, 2.45) is 0 Å². The molecule has 2 N–H and O–H groups in total. The van der Waals surface area contributed by atoms with Crippen molar-refractivity contribution in [2.75, 3.05) is 18.8 Å². The largest absolute Gasteiger partial charge is 0.347 e. The molecule has 1 aromatic heterocycles. The molecule has 2 fully saturated rings. The number of hydrogen-bond acceptors (Lipinski definition) is 5. The van der Waals surface area contributed by atoms with Gasteiger partial charge in [-0.1, -0.05) is 18.6 Å². The molecule has 2 aliphatic rings. The molecule has 1 saturated heterocycles. The molecule has 0 spiro atoms. The van der Waals surface area contributed by atoms with E-state index in [-0.39, 0.29) is 11.9 Å². The fraction of sp³-hybridized carbons (Fsp3) is 0.769. The van der Waals surface area contributed by atoms with Crippen molar-refractivity contribution in [1.29, 1.82) is 0 Å². The number of aromatic nitrogens is 3. The van der Waals surface area contributed by atoms with Crippen LogP contribution in [0.2, 0.25) is 0 Å². The molecular weight excluding hydrogens is 274 g/mol. The Labute approximate surface area is 123 Å². The molecule has 1 aliphatic heterocycles. The van der Waals surface area contributed by atoms with Crippen molar-refractivity contribution in [1.82, 2.24) is 25.6 Å². The molecule has 0 bridgehead atoms. The minimum Gasteiger partial charge on any atom is -0.347 e. The first-order valence-electron chi connectivity index (χ1n) is 7.33. The SMILES string of the molecule is CCSC1CCCC1NC(=O)c1cn(C2CNC2)nn1. The number of nitrogens with zero attached hydrogens (tertiary/aromatic N) is 3. The van der Waals surface area contributed by atoms with Crippen LogP contribution in [0.4, 0.5) is 0 Å². The lowest BCUT2D eigenvalue weighted by atomic mass is 10.2. The van der Waals surface area contributed by atoms with E-state index in [1.54, 1.807) is 10.9 Å². The van der Waals surface area contributed by atoms with Crippen LogP contribution in [-0.4, -0.2) is 51.0 Å². The van der Waals surface area contributed by atoms with E-state index in [1.807, 2.05) is 11.8 Å². The molecule has 20 heavy (non-hydrogen) atoms. The summed E-state index contributed by atoms with van der Waals surface area (Å²) in [4.78, 5) is 12.2. The highest BCUT2D eigenvalue weighted by atomic mass is 32.2. The number of carbonyl (C=O) groups is 1. The number of thioether (sulfide) groups is 1. The van der Waals surface area contributed by atoms with Crippen LogP contribution in [0, 0.1) is 0 Å². The molecule has 2 atom stereocenters. The summed E-state index contributed by atoms with van der Waals surface area (Å²) in [6.45, 7) is 3.98. The van der Waals surface area contributed by atoms with Gasteiger partial charge in [-0.15, -0.1) is 5.10 Å². The van der Waals surface area contributed by atoms with Crippen molar-refractivity contribution in [3.63, 3.8) is 0 Å². The molecule has 1 saturated carbocycles. The van der Waals surface area contributed by atoms with Gasteiger partial charge in [-0.2, -0.15) is 11.8 Å². The van der Waals surface area contributed by atoms with Gasteiger partial charge in [0.1, 0.15) is 0 Å². The number of rotatable bonds is 5. The smallest absolute Gasteiger partial charge is 0.273 e. The third kappa shape index (κ3) is 2.83. The first-order valence-corrected chi connectivity index (χ1v) is 8.38. The van der Waals surface area contributed by atoms with Gasteiger partial charge >= 0.3 is 0 Å². The summed E-state index contributed by atoms with van der Waals surface area (Å²) in [6, 6.07) is 0.627. The minimum atomic E-state index is -0.0860. The quantitative estimate of drug-likeness (QED) is 0.842. The second-order valence-electron chi connectivity index (χ2n) is 5.40. The van der Waals surface area contributed by atoms with Gasteiger partial charge in [-0.05, 0) is 18.6 Å². The Morgan fingerprint density at radius 1 is 1.55 bits per heavy atom. The van der Waals surface area contributed by atoms with Gasteiger partial charge in [0.25, 0.3) is 5.91 Å². The van der Waals surface area contributed by atoms with Gasteiger partial charge in [0.05, 0.1) is 12.2 Å². The van der Waals surface area contributed by atoms with Crippen LogP contribution in [0.5, 0.6) is 0 Å². The topological polar surface area (TPSA) is 71.8 Å². The molecule has 0 radical (unpaired) electrons. The van der Waals surface area contributed by atoms with E-state index in [1.165, 1.54) is 12.8 Å². The zero-order valence-electron chi connectivity index (χ0n) is 11.7. The Bertz CT molecular complexity index is 473. The molecule has 3 rings (SSSR count). The summed E-state index contributed by atoms with van der Waals surface area (Å²) in [5, 5.41) is 14.9. The van der Waals surface area contributed by atoms with E-state index in [0.717, 1.165) is 25.3 Å². The summed E-state index contributed by atoms with van der Waals surface area (Å²) in [7, 11) is 0. The number of amides is 1. The molecule has 1 aromatic rings. The van der Waals surface area contributed by atoms with Crippen LogP contribution in [0.1, 0.15) is 42.7 Å². The van der Waals surface area contributed by atoms with Gasteiger partial charge < -0.3 is 10.6 Å². The fourth-order valence-electron chi connectivity index (χ4n) is 2.77. The van der Waals surface area contributed by atoms with E-state index < -0.39 is 0 Å². The highest BCUT2D eigenvalue weighted by Crippen LogP contribution is 2.30. The standard InChI is InChI=1S/C13H21N5OS/c1-2-20-12-5-3-4-10(12)15-13(19)11-8-18(17-16-11)9-6-14-7-9/h8-10,12,14H,2-7H2,1H3,(H,15,19).